The molecule has 2 heterocycles. The highest BCUT2D eigenvalue weighted by atomic mass is 16.5. The molecule has 2 aromatic heterocycles. The predicted molar refractivity (Wildman–Crippen MR) is 82.9 cm³/mol. The van der Waals surface area contributed by atoms with Crippen molar-refractivity contribution in [1.82, 2.24) is 15.1 Å². The molecule has 0 aliphatic heterocycles. The van der Waals surface area contributed by atoms with Gasteiger partial charge in [-0.2, -0.15) is 4.98 Å². The smallest absolute Gasteiger partial charge is 0.259 e. The van der Waals surface area contributed by atoms with Crippen LogP contribution in [0.5, 0.6) is 5.75 Å². The predicted octanol–water partition coefficient (Wildman–Crippen LogP) is 2.32. The van der Waals surface area contributed by atoms with Gasteiger partial charge in [0.05, 0.1) is 24.8 Å². The zero-order valence-corrected chi connectivity index (χ0v) is 12.4. The molecule has 0 aliphatic rings. The fraction of sp³-hybridized carbons (Fsp3) is 0.125. The van der Waals surface area contributed by atoms with Gasteiger partial charge in [0.2, 0.25) is 5.91 Å². The topological polar surface area (TPSA) is 90.1 Å². The first kappa shape index (κ1) is 14.7. The van der Waals surface area contributed by atoms with E-state index in [1.165, 1.54) is 0 Å². The van der Waals surface area contributed by atoms with Crippen LogP contribution < -0.4 is 10.1 Å². The van der Waals surface area contributed by atoms with E-state index in [9.17, 15) is 4.79 Å². The van der Waals surface area contributed by atoms with Crippen molar-refractivity contribution >= 4 is 11.6 Å². The third-order valence-corrected chi connectivity index (χ3v) is 3.08. The van der Waals surface area contributed by atoms with Gasteiger partial charge in [-0.3, -0.25) is 9.78 Å². The lowest BCUT2D eigenvalue weighted by molar-refractivity contribution is -0.115. The molecule has 0 unspecified atom stereocenters. The summed E-state index contributed by atoms with van der Waals surface area (Å²) in [5.41, 5.74) is 1.30. The fourth-order valence-corrected chi connectivity index (χ4v) is 2.02. The quantitative estimate of drug-likeness (QED) is 0.778. The number of ether oxygens (including phenoxy) is 1. The first-order valence-electron chi connectivity index (χ1n) is 6.92. The van der Waals surface area contributed by atoms with E-state index in [0.717, 1.165) is 0 Å². The molecule has 1 amide bonds. The number of pyridine rings is 1. The maximum absolute atomic E-state index is 12.1. The number of benzene rings is 1. The highest BCUT2D eigenvalue weighted by Crippen LogP contribution is 2.23. The number of carbonyl (C=O) groups is 1. The van der Waals surface area contributed by atoms with E-state index in [1.54, 1.807) is 43.8 Å². The summed E-state index contributed by atoms with van der Waals surface area (Å²) in [5.74, 6) is 0.965. The Morgan fingerprint density at radius 1 is 1.26 bits per heavy atom. The average molecular weight is 310 g/mol. The van der Waals surface area contributed by atoms with E-state index in [1.807, 2.05) is 12.1 Å². The number of hydrogen-bond acceptors (Lipinski definition) is 6. The van der Waals surface area contributed by atoms with Crippen LogP contribution in [0.25, 0.3) is 11.5 Å². The second kappa shape index (κ2) is 6.69. The first-order valence-corrected chi connectivity index (χ1v) is 6.92. The summed E-state index contributed by atoms with van der Waals surface area (Å²) < 4.78 is 10.3. The third kappa shape index (κ3) is 3.52. The molecule has 3 aromatic rings. The summed E-state index contributed by atoms with van der Waals surface area (Å²) in [6, 6.07) is 10.7. The van der Waals surface area contributed by atoms with Crippen molar-refractivity contribution in [3.05, 3.63) is 54.6 Å². The molecular formula is C16H14N4O3. The molecule has 23 heavy (non-hydrogen) atoms. The number of rotatable bonds is 5. The van der Waals surface area contributed by atoms with E-state index in [4.69, 9.17) is 9.26 Å². The van der Waals surface area contributed by atoms with Crippen LogP contribution in [-0.4, -0.2) is 28.1 Å². The van der Waals surface area contributed by atoms with E-state index < -0.39 is 0 Å². The molecule has 0 spiro atoms. The second-order valence-corrected chi connectivity index (χ2v) is 4.68. The lowest BCUT2D eigenvalue weighted by Gasteiger charge is -2.08. The Morgan fingerprint density at radius 3 is 2.91 bits per heavy atom. The molecular weight excluding hydrogens is 296 g/mol. The number of para-hydroxylation sites is 2. The molecule has 0 saturated carbocycles. The van der Waals surface area contributed by atoms with Crippen molar-refractivity contribution in [2.75, 3.05) is 12.4 Å². The Morgan fingerprint density at radius 2 is 2.13 bits per heavy atom. The second-order valence-electron chi connectivity index (χ2n) is 4.68. The zero-order valence-electron chi connectivity index (χ0n) is 12.4. The Labute approximate surface area is 132 Å². The summed E-state index contributed by atoms with van der Waals surface area (Å²) in [6.45, 7) is 0. The fourth-order valence-electron chi connectivity index (χ4n) is 2.02. The van der Waals surface area contributed by atoms with Crippen LogP contribution in [-0.2, 0) is 11.2 Å². The summed E-state index contributed by atoms with van der Waals surface area (Å²) in [7, 11) is 1.55. The molecule has 0 saturated heterocycles. The molecule has 1 N–H and O–H groups in total. The van der Waals surface area contributed by atoms with Crippen LogP contribution in [0.3, 0.4) is 0 Å². The number of nitrogens with zero attached hydrogens (tertiary/aromatic N) is 3. The Bertz CT molecular complexity index is 802. The zero-order chi connectivity index (χ0) is 16.1. The molecule has 0 fully saturated rings. The van der Waals surface area contributed by atoms with Crippen LogP contribution in [0.4, 0.5) is 5.69 Å². The highest BCUT2D eigenvalue weighted by molar-refractivity contribution is 5.93. The maximum atomic E-state index is 12.1. The minimum absolute atomic E-state index is 0.00180. The van der Waals surface area contributed by atoms with E-state index >= 15 is 0 Å². The van der Waals surface area contributed by atoms with Gasteiger partial charge in [0, 0.05) is 12.4 Å². The molecule has 3 rings (SSSR count). The molecule has 0 aliphatic carbocycles. The third-order valence-electron chi connectivity index (χ3n) is 3.08. The SMILES string of the molecule is COc1ccccc1NC(=O)Cc1noc(-c2cccnc2)n1. The standard InChI is InChI=1S/C16H14N4O3/c1-22-13-7-3-2-6-12(13)18-15(21)9-14-19-16(23-20-14)11-5-4-8-17-10-11/h2-8,10H,9H2,1H3,(H,18,21). The Kier molecular flexibility index (Phi) is 4.28. The molecule has 7 nitrogen and oxygen atoms in total. The number of anilines is 1. The monoisotopic (exact) mass is 310 g/mol. The van der Waals surface area contributed by atoms with Gasteiger partial charge in [-0.15, -0.1) is 0 Å². The van der Waals surface area contributed by atoms with Gasteiger partial charge in [-0.1, -0.05) is 17.3 Å². The highest BCUT2D eigenvalue weighted by Gasteiger charge is 2.13. The summed E-state index contributed by atoms with van der Waals surface area (Å²) in [5, 5.41) is 6.57. The molecule has 1 aromatic carbocycles. The van der Waals surface area contributed by atoms with Crippen LogP contribution in [0.1, 0.15) is 5.82 Å². The summed E-state index contributed by atoms with van der Waals surface area (Å²) >= 11 is 0. The molecule has 116 valence electrons. The van der Waals surface area contributed by atoms with Gasteiger partial charge in [0.15, 0.2) is 5.82 Å². The van der Waals surface area contributed by atoms with Crippen LogP contribution in [0.15, 0.2) is 53.3 Å². The molecule has 7 heteroatoms. The number of amides is 1. The largest absolute Gasteiger partial charge is 0.495 e. The Hall–Kier alpha value is -3.22. The van der Waals surface area contributed by atoms with Crippen LogP contribution in [0.2, 0.25) is 0 Å². The van der Waals surface area contributed by atoms with Gasteiger partial charge in [0.1, 0.15) is 5.75 Å². The summed E-state index contributed by atoms with van der Waals surface area (Å²) in [6.07, 6.45) is 3.27. The lowest BCUT2D eigenvalue weighted by atomic mass is 10.2. The summed E-state index contributed by atoms with van der Waals surface area (Å²) in [4.78, 5) is 20.3. The van der Waals surface area contributed by atoms with Crippen molar-refractivity contribution in [2.45, 2.75) is 6.42 Å². The van der Waals surface area contributed by atoms with Gasteiger partial charge >= 0.3 is 0 Å². The van der Waals surface area contributed by atoms with Gasteiger partial charge in [-0.05, 0) is 24.3 Å². The molecule has 0 radical (unpaired) electrons. The van der Waals surface area contributed by atoms with Crippen molar-refractivity contribution in [2.24, 2.45) is 0 Å². The van der Waals surface area contributed by atoms with E-state index in [0.29, 0.717) is 28.7 Å². The van der Waals surface area contributed by atoms with Gasteiger partial charge in [0.25, 0.3) is 5.89 Å². The normalized spacial score (nSPS) is 10.3. The minimum Gasteiger partial charge on any atom is -0.495 e. The maximum Gasteiger partial charge on any atom is 0.259 e. The number of methoxy groups -OCH3 is 1. The van der Waals surface area contributed by atoms with E-state index in [-0.39, 0.29) is 12.3 Å². The van der Waals surface area contributed by atoms with Gasteiger partial charge < -0.3 is 14.6 Å². The number of nitrogens with one attached hydrogen (secondary N) is 1. The number of aromatic nitrogens is 3. The van der Waals surface area contributed by atoms with Crippen molar-refractivity contribution < 1.29 is 14.1 Å². The van der Waals surface area contributed by atoms with Crippen LogP contribution in [0, 0.1) is 0 Å². The van der Waals surface area contributed by atoms with Crippen molar-refractivity contribution in [1.29, 1.82) is 0 Å². The minimum atomic E-state index is -0.256. The molecule has 0 bridgehead atoms. The first-order chi connectivity index (χ1) is 11.3. The Balaban J connectivity index is 1.68. The molecule has 0 atom stereocenters. The van der Waals surface area contributed by atoms with Gasteiger partial charge in [-0.25, -0.2) is 0 Å². The number of hydrogen-bond donors (Lipinski definition) is 1. The van der Waals surface area contributed by atoms with E-state index in [2.05, 4.69) is 20.4 Å². The van der Waals surface area contributed by atoms with Crippen molar-refractivity contribution in [3.8, 4) is 17.2 Å². The number of carbonyl (C=O) groups excluding carboxylic acids is 1. The van der Waals surface area contributed by atoms with Crippen LogP contribution >= 0.6 is 0 Å². The van der Waals surface area contributed by atoms with Crippen molar-refractivity contribution in [3.63, 3.8) is 0 Å². The average Bonchev–Trinajstić information content (AvgIpc) is 3.04. The lowest BCUT2D eigenvalue weighted by Crippen LogP contribution is -2.15.